The predicted octanol–water partition coefficient (Wildman–Crippen LogP) is 1.20. The van der Waals surface area contributed by atoms with Crippen LogP contribution in [0.1, 0.15) is 37.4 Å². The van der Waals surface area contributed by atoms with Crippen LogP contribution in [-0.2, 0) is 6.61 Å². The normalized spacial score (nSPS) is 17.3. The van der Waals surface area contributed by atoms with Gasteiger partial charge < -0.3 is 15.1 Å². The van der Waals surface area contributed by atoms with E-state index in [2.05, 4.69) is 23.6 Å². The molecule has 0 unspecified atom stereocenters. The third kappa shape index (κ3) is 4.40. The van der Waals surface area contributed by atoms with Crippen LogP contribution in [0.5, 0.6) is 0 Å². The molecule has 0 bridgehead atoms. The number of rotatable bonds is 5. The van der Waals surface area contributed by atoms with Crippen molar-refractivity contribution in [2.75, 3.05) is 44.2 Å². The summed E-state index contributed by atoms with van der Waals surface area (Å²) in [7, 11) is 0. The highest BCUT2D eigenvalue weighted by Crippen LogP contribution is 2.21. The smallest absolute Gasteiger partial charge is 0.129 e. The van der Waals surface area contributed by atoms with E-state index in [4.69, 9.17) is 10.1 Å². The first kappa shape index (κ1) is 16.2. The zero-order chi connectivity index (χ0) is 15.2. The van der Waals surface area contributed by atoms with Crippen LogP contribution in [0.2, 0.25) is 0 Å². The lowest BCUT2D eigenvalue weighted by Crippen LogP contribution is -2.32. The van der Waals surface area contributed by atoms with Crippen molar-refractivity contribution >= 4 is 5.82 Å². The zero-order valence-electron chi connectivity index (χ0n) is 13.1. The third-order valence-corrected chi connectivity index (χ3v) is 3.99. The third-order valence-electron chi connectivity index (χ3n) is 3.99. The molecular weight excluding hydrogens is 266 g/mol. The van der Waals surface area contributed by atoms with Crippen molar-refractivity contribution in [2.45, 2.75) is 32.8 Å². The Balaban J connectivity index is 2.15. The Hall–Kier alpha value is -1.17. The largest absolute Gasteiger partial charge is 0.395 e. The first-order chi connectivity index (χ1) is 10.1. The van der Waals surface area contributed by atoms with Crippen molar-refractivity contribution < 1.29 is 10.2 Å². The molecule has 1 aliphatic heterocycles. The van der Waals surface area contributed by atoms with E-state index < -0.39 is 0 Å². The highest BCUT2D eigenvalue weighted by atomic mass is 16.3. The number of pyridine rings is 1. The molecular formula is C16H27N3O2. The minimum atomic E-state index is 0.0553. The minimum Gasteiger partial charge on any atom is -0.395 e. The van der Waals surface area contributed by atoms with E-state index in [1.807, 2.05) is 12.1 Å². The molecule has 0 spiro atoms. The van der Waals surface area contributed by atoms with E-state index in [1.54, 1.807) is 0 Å². The summed E-state index contributed by atoms with van der Waals surface area (Å²) in [5.74, 6) is 1.32. The van der Waals surface area contributed by atoms with Gasteiger partial charge in [0.25, 0.3) is 0 Å². The monoisotopic (exact) mass is 293 g/mol. The molecule has 1 saturated heterocycles. The van der Waals surface area contributed by atoms with Crippen molar-refractivity contribution in [3.63, 3.8) is 0 Å². The maximum Gasteiger partial charge on any atom is 0.129 e. The number of β-amino-alcohol motifs (C(OH)–C–C–N with tert-alkyl or cyclic N) is 1. The molecule has 0 amide bonds. The molecule has 5 nitrogen and oxygen atoms in total. The fraction of sp³-hybridized carbons (Fsp3) is 0.688. The SMILES string of the molecule is CC(C)c1cc(CO)cc(N2CCCN(CCO)CC2)n1. The van der Waals surface area contributed by atoms with Gasteiger partial charge in [0.1, 0.15) is 5.82 Å². The van der Waals surface area contributed by atoms with Crippen LogP contribution in [0.3, 0.4) is 0 Å². The Morgan fingerprint density at radius 2 is 1.95 bits per heavy atom. The highest BCUT2D eigenvalue weighted by Gasteiger charge is 2.17. The number of aliphatic hydroxyl groups is 2. The molecule has 1 fully saturated rings. The van der Waals surface area contributed by atoms with Gasteiger partial charge in [0.05, 0.1) is 13.2 Å². The van der Waals surface area contributed by atoms with Crippen LogP contribution in [0.15, 0.2) is 12.1 Å². The van der Waals surface area contributed by atoms with Crippen LogP contribution in [-0.4, -0.2) is 59.4 Å². The molecule has 1 aliphatic rings. The molecule has 118 valence electrons. The van der Waals surface area contributed by atoms with Crippen LogP contribution in [0.4, 0.5) is 5.82 Å². The molecule has 2 N–H and O–H groups in total. The van der Waals surface area contributed by atoms with E-state index in [-0.39, 0.29) is 13.2 Å². The molecule has 21 heavy (non-hydrogen) atoms. The van der Waals surface area contributed by atoms with Crippen molar-refractivity contribution in [1.82, 2.24) is 9.88 Å². The average Bonchev–Trinajstić information content (AvgIpc) is 2.73. The van der Waals surface area contributed by atoms with Crippen molar-refractivity contribution in [3.05, 3.63) is 23.4 Å². The first-order valence-corrected chi connectivity index (χ1v) is 7.84. The average molecular weight is 293 g/mol. The Kier molecular flexibility index (Phi) is 5.96. The molecule has 0 atom stereocenters. The quantitative estimate of drug-likeness (QED) is 0.854. The molecule has 2 rings (SSSR count). The standard InChI is InChI=1S/C16H27N3O2/c1-13(2)15-10-14(12-21)11-16(17-15)19-5-3-4-18(6-7-19)8-9-20/h10-11,13,20-21H,3-9,12H2,1-2H3. The summed E-state index contributed by atoms with van der Waals surface area (Å²) in [6.07, 6.45) is 1.07. The van der Waals surface area contributed by atoms with E-state index >= 15 is 0 Å². The summed E-state index contributed by atoms with van der Waals surface area (Å²) in [6.45, 7) is 9.12. The molecule has 1 aromatic rings. The van der Waals surface area contributed by atoms with Crippen molar-refractivity contribution in [2.24, 2.45) is 0 Å². The van der Waals surface area contributed by atoms with E-state index in [0.29, 0.717) is 5.92 Å². The summed E-state index contributed by atoms with van der Waals surface area (Å²) in [6, 6.07) is 3.98. The first-order valence-electron chi connectivity index (χ1n) is 7.84. The number of aromatic nitrogens is 1. The number of hydrogen-bond acceptors (Lipinski definition) is 5. The van der Waals surface area contributed by atoms with Gasteiger partial charge in [-0.15, -0.1) is 0 Å². The fourth-order valence-corrected chi connectivity index (χ4v) is 2.71. The van der Waals surface area contributed by atoms with Crippen LogP contribution < -0.4 is 4.90 Å². The van der Waals surface area contributed by atoms with Gasteiger partial charge in [-0.25, -0.2) is 4.98 Å². The Morgan fingerprint density at radius 1 is 1.14 bits per heavy atom. The van der Waals surface area contributed by atoms with Crippen LogP contribution >= 0.6 is 0 Å². The van der Waals surface area contributed by atoms with Crippen molar-refractivity contribution in [3.8, 4) is 0 Å². The maximum atomic E-state index is 9.45. The summed E-state index contributed by atoms with van der Waals surface area (Å²) in [4.78, 5) is 9.35. The van der Waals surface area contributed by atoms with E-state index in [9.17, 15) is 5.11 Å². The van der Waals surface area contributed by atoms with Gasteiger partial charge in [0.15, 0.2) is 0 Å². The predicted molar refractivity (Wildman–Crippen MR) is 84.6 cm³/mol. The Labute approximate surface area is 127 Å². The molecule has 5 heteroatoms. The van der Waals surface area contributed by atoms with Gasteiger partial charge in [-0.1, -0.05) is 13.8 Å². The number of nitrogens with zero attached hydrogens (tertiary/aromatic N) is 3. The molecule has 0 aliphatic carbocycles. The van der Waals surface area contributed by atoms with E-state index in [0.717, 1.165) is 56.2 Å². The van der Waals surface area contributed by atoms with Crippen molar-refractivity contribution in [1.29, 1.82) is 0 Å². The van der Waals surface area contributed by atoms with Gasteiger partial charge >= 0.3 is 0 Å². The molecule has 2 heterocycles. The molecule has 0 saturated carbocycles. The second kappa shape index (κ2) is 7.73. The topological polar surface area (TPSA) is 59.8 Å². The lowest BCUT2D eigenvalue weighted by Gasteiger charge is -2.24. The van der Waals surface area contributed by atoms with Gasteiger partial charge in [-0.2, -0.15) is 0 Å². The summed E-state index contributed by atoms with van der Waals surface area (Å²) in [5, 5.41) is 18.5. The molecule has 0 radical (unpaired) electrons. The fourth-order valence-electron chi connectivity index (χ4n) is 2.71. The molecule has 1 aromatic heterocycles. The van der Waals surface area contributed by atoms with Gasteiger partial charge in [-0.05, 0) is 36.6 Å². The lowest BCUT2D eigenvalue weighted by molar-refractivity contribution is 0.204. The highest BCUT2D eigenvalue weighted by molar-refractivity contribution is 5.43. The molecule has 0 aromatic carbocycles. The van der Waals surface area contributed by atoms with E-state index in [1.165, 1.54) is 0 Å². The number of anilines is 1. The maximum absolute atomic E-state index is 9.45. The second-order valence-electron chi connectivity index (χ2n) is 5.98. The number of aliphatic hydroxyl groups excluding tert-OH is 2. The Bertz CT molecular complexity index is 451. The van der Waals surface area contributed by atoms with Crippen LogP contribution in [0, 0.1) is 0 Å². The van der Waals surface area contributed by atoms with Gasteiger partial charge in [-0.3, -0.25) is 4.90 Å². The summed E-state index contributed by atoms with van der Waals surface area (Å²) in [5.41, 5.74) is 1.97. The zero-order valence-corrected chi connectivity index (χ0v) is 13.1. The lowest BCUT2D eigenvalue weighted by atomic mass is 10.1. The Morgan fingerprint density at radius 3 is 2.62 bits per heavy atom. The van der Waals surface area contributed by atoms with Gasteiger partial charge in [0.2, 0.25) is 0 Å². The van der Waals surface area contributed by atoms with Crippen LogP contribution in [0.25, 0.3) is 0 Å². The number of hydrogen-bond donors (Lipinski definition) is 2. The minimum absolute atomic E-state index is 0.0553. The second-order valence-corrected chi connectivity index (χ2v) is 5.98. The summed E-state index contributed by atoms with van der Waals surface area (Å²) >= 11 is 0. The summed E-state index contributed by atoms with van der Waals surface area (Å²) < 4.78 is 0. The van der Waals surface area contributed by atoms with Gasteiger partial charge in [0, 0.05) is 31.9 Å².